The van der Waals surface area contributed by atoms with Crippen molar-refractivity contribution in [1.82, 2.24) is 0 Å². The molecule has 6 aromatic rings. The molecule has 0 amide bonds. The first-order valence-electron chi connectivity index (χ1n) is 11.5. The molecule has 0 saturated carbocycles. The van der Waals surface area contributed by atoms with Gasteiger partial charge in [0.1, 0.15) is 28.5 Å². The van der Waals surface area contributed by atoms with E-state index in [0.29, 0.717) is 38.6 Å². The molecule has 0 aliphatic rings. The molecule has 1 heterocycles. The van der Waals surface area contributed by atoms with Gasteiger partial charge in [-0.1, -0.05) is 18.2 Å². The maximum Gasteiger partial charge on any atom is 0.179 e. The summed E-state index contributed by atoms with van der Waals surface area (Å²) in [7, 11) is 1.59. The fraction of sp³-hybridized carbons (Fsp3) is 0.100. The van der Waals surface area contributed by atoms with Crippen LogP contribution in [-0.2, 0) is 0 Å². The molecule has 200 valence electrons. The quantitative estimate of drug-likeness (QED) is 0.145. The number of benzene rings is 5. The van der Waals surface area contributed by atoms with Gasteiger partial charge in [-0.2, -0.15) is 0 Å². The minimum atomic E-state index is -0.659. The fourth-order valence-electron chi connectivity index (χ4n) is 4.47. The van der Waals surface area contributed by atoms with Gasteiger partial charge in [0.25, 0.3) is 0 Å². The molecule has 5 aromatic carbocycles. The lowest BCUT2D eigenvalue weighted by atomic mass is 9.93. The smallest absolute Gasteiger partial charge is 0.179 e. The van der Waals surface area contributed by atoms with Gasteiger partial charge in [-0.3, -0.25) is 4.79 Å². The van der Waals surface area contributed by atoms with Crippen LogP contribution >= 0.6 is 46.4 Å². The van der Waals surface area contributed by atoms with E-state index < -0.39 is 11.6 Å². The van der Waals surface area contributed by atoms with Gasteiger partial charge in [0.15, 0.2) is 5.43 Å². The van der Waals surface area contributed by atoms with Crippen molar-refractivity contribution in [2.24, 2.45) is 0 Å². The van der Waals surface area contributed by atoms with Crippen LogP contribution in [0.2, 0.25) is 0 Å². The van der Waals surface area contributed by atoms with Crippen molar-refractivity contribution in [2.45, 2.75) is 0 Å². The number of ether oxygens (including phenoxy) is 1. The largest absolute Gasteiger partial charge is 0.497 e. The molecule has 0 radical (unpaired) electrons. The second kappa shape index (κ2) is 12.8. The maximum absolute atomic E-state index is 15.0. The van der Waals surface area contributed by atoms with E-state index in [0.717, 1.165) is 16.2 Å². The Morgan fingerprint density at radius 3 is 1.72 bits per heavy atom. The van der Waals surface area contributed by atoms with E-state index in [2.05, 4.69) is 0 Å². The van der Waals surface area contributed by atoms with Crippen molar-refractivity contribution in [3.8, 4) is 16.9 Å². The molecule has 3 nitrogen and oxygen atoms in total. The number of halogens is 6. The van der Waals surface area contributed by atoms with Gasteiger partial charge in [-0.05, 0) is 82.2 Å². The van der Waals surface area contributed by atoms with Crippen LogP contribution in [0.5, 0.6) is 5.75 Å². The van der Waals surface area contributed by atoms with Gasteiger partial charge in [0.2, 0.25) is 0 Å². The van der Waals surface area contributed by atoms with Gasteiger partial charge >= 0.3 is 0 Å². The zero-order valence-corrected chi connectivity index (χ0v) is 23.4. The lowest BCUT2D eigenvalue weighted by Gasteiger charge is -2.15. The standard InChI is InChI=1S/C28H16F2O3.2CH2Cl2/c1-32-20-8-6-16-12-22-26(14-18(16)10-20)33-25-13-17-9-19(31)7-5-15(17)11-21(25)27(22)28-23(29)3-2-4-24(28)30;2*2-1-3/h2-14H,1H3;2*1H2. The number of fused-ring (bicyclic) bond motifs is 4. The normalized spacial score (nSPS) is 10.7. The Hall–Kier alpha value is -3.09. The van der Waals surface area contributed by atoms with Crippen LogP contribution in [0.3, 0.4) is 0 Å². The summed E-state index contributed by atoms with van der Waals surface area (Å²) in [6, 6.07) is 21.4. The number of alkyl halides is 4. The van der Waals surface area contributed by atoms with Gasteiger partial charge in [-0.25, -0.2) is 8.78 Å². The van der Waals surface area contributed by atoms with Crippen LogP contribution in [0, 0.1) is 11.6 Å². The van der Waals surface area contributed by atoms with Crippen LogP contribution in [0.1, 0.15) is 0 Å². The maximum atomic E-state index is 15.0. The molecule has 0 bridgehead atoms. The highest BCUT2D eigenvalue weighted by Crippen LogP contribution is 2.41. The average Bonchev–Trinajstić information content (AvgIpc) is 2.91. The van der Waals surface area contributed by atoms with E-state index in [9.17, 15) is 4.79 Å². The van der Waals surface area contributed by atoms with Crippen LogP contribution < -0.4 is 10.2 Å². The zero-order chi connectivity index (χ0) is 28.1. The number of methoxy groups -OCH3 is 1. The third-order valence-corrected chi connectivity index (χ3v) is 6.03. The minimum absolute atomic E-state index is 0.115. The predicted molar refractivity (Wildman–Crippen MR) is 160 cm³/mol. The van der Waals surface area contributed by atoms with E-state index in [1.807, 2.05) is 36.4 Å². The summed E-state index contributed by atoms with van der Waals surface area (Å²) < 4.78 is 41.6. The molecule has 0 fully saturated rings. The molecule has 0 spiro atoms. The molecule has 0 unspecified atom stereocenters. The molecule has 6 rings (SSSR count). The van der Waals surface area contributed by atoms with E-state index in [1.54, 1.807) is 19.2 Å². The summed E-state index contributed by atoms with van der Waals surface area (Å²) >= 11 is 19.1. The van der Waals surface area contributed by atoms with Crippen molar-refractivity contribution in [1.29, 1.82) is 0 Å². The van der Waals surface area contributed by atoms with E-state index in [-0.39, 0.29) is 21.7 Å². The fourth-order valence-corrected chi connectivity index (χ4v) is 4.47. The van der Waals surface area contributed by atoms with Crippen LogP contribution in [0.15, 0.2) is 88.1 Å². The molecule has 39 heavy (non-hydrogen) atoms. The molecule has 0 aliphatic carbocycles. The predicted octanol–water partition coefficient (Wildman–Crippen LogP) is 10.0. The van der Waals surface area contributed by atoms with Crippen molar-refractivity contribution in [3.05, 3.63) is 101 Å². The summed E-state index contributed by atoms with van der Waals surface area (Å²) in [6.07, 6.45) is 0. The van der Waals surface area contributed by atoms with E-state index in [4.69, 9.17) is 55.6 Å². The van der Waals surface area contributed by atoms with E-state index >= 15 is 8.78 Å². The van der Waals surface area contributed by atoms with Crippen LogP contribution in [-0.4, -0.2) is 17.8 Å². The van der Waals surface area contributed by atoms with Crippen molar-refractivity contribution >= 4 is 89.9 Å². The molecular weight excluding hydrogens is 588 g/mol. The SMILES string of the molecule is COc1ccc2cc3c(-c4c(F)cccc4F)c4cc5ccc(=O)cc5cc4oc3cc2c1.ClCCl.ClCCl. The second-order valence-electron chi connectivity index (χ2n) is 8.19. The molecule has 9 heteroatoms. The first-order valence-corrected chi connectivity index (χ1v) is 13.6. The van der Waals surface area contributed by atoms with Gasteiger partial charge in [-0.15, -0.1) is 46.4 Å². The lowest BCUT2D eigenvalue weighted by Crippen LogP contribution is -1.96. The van der Waals surface area contributed by atoms with Crippen molar-refractivity contribution < 1.29 is 17.9 Å². The third-order valence-electron chi connectivity index (χ3n) is 6.03. The van der Waals surface area contributed by atoms with E-state index in [1.165, 1.54) is 30.3 Å². The number of rotatable bonds is 2. The number of hydrogen-bond donors (Lipinski definition) is 0. The molecule has 0 saturated heterocycles. The Balaban J connectivity index is 0.000000541. The Morgan fingerprint density at radius 1 is 0.667 bits per heavy atom. The topological polar surface area (TPSA) is 39.4 Å². The molecule has 0 aliphatic heterocycles. The van der Waals surface area contributed by atoms with Crippen LogP contribution in [0.4, 0.5) is 8.78 Å². The highest BCUT2D eigenvalue weighted by Gasteiger charge is 2.20. The van der Waals surface area contributed by atoms with Gasteiger partial charge in [0, 0.05) is 16.3 Å². The van der Waals surface area contributed by atoms with Crippen molar-refractivity contribution in [3.63, 3.8) is 0 Å². The zero-order valence-electron chi connectivity index (χ0n) is 20.4. The molecular formula is C30H20Cl4F2O3. The second-order valence-corrected chi connectivity index (χ2v) is 9.81. The van der Waals surface area contributed by atoms with Crippen LogP contribution in [0.25, 0.3) is 54.6 Å². The molecule has 0 atom stereocenters. The first-order chi connectivity index (χ1) is 18.8. The summed E-state index contributed by atoms with van der Waals surface area (Å²) in [5, 5.41) is 4.76. The Labute approximate surface area is 242 Å². The summed E-state index contributed by atoms with van der Waals surface area (Å²) in [4.78, 5) is 11.9. The summed E-state index contributed by atoms with van der Waals surface area (Å²) in [5.41, 5.74) is 1.07. The highest BCUT2D eigenvalue weighted by molar-refractivity contribution is 6.41. The third kappa shape index (κ3) is 6.07. The first kappa shape index (κ1) is 28.9. The lowest BCUT2D eigenvalue weighted by molar-refractivity contribution is 0.415. The monoisotopic (exact) mass is 606 g/mol. The highest BCUT2D eigenvalue weighted by atomic mass is 35.5. The Bertz CT molecular complexity index is 1830. The summed E-state index contributed by atoms with van der Waals surface area (Å²) in [5.74, 6) is -0.626. The Kier molecular flexibility index (Phi) is 9.52. The molecule has 0 N–H and O–H groups in total. The van der Waals surface area contributed by atoms with Gasteiger partial charge < -0.3 is 9.15 Å². The van der Waals surface area contributed by atoms with Gasteiger partial charge in [0.05, 0.1) is 23.4 Å². The van der Waals surface area contributed by atoms with Crippen molar-refractivity contribution in [2.75, 3.05) is 17.8 Å². The molecule has 1 aromatic heterocycles. The number of hydrogen-bond acceptors (Lipinski definition) is 3. The summed E-state index contributed by atoms with van der Waals surface area (Å²) in [6.45, 7) is 0. The average molecular weight is 608 g/mol. The Morgan fingerprint density at radius 2 is 1.18 bits per heavy atom. The minimum Gasteiger partial charge on any atom is -0.497 e.